The topological polar surface area (TPSA) is 108 Å². The molecule has 0 saturated carbocycles. The molecule has 1 aliphatic rings. The molecule has 0 fully saturated rings. The van der Waals surface area contributed by atoms with Gasteiger partial charge in [0.05, 0.1) is 16.3 Å². The minimum absolute atomic E-state index is 0.0101. The summed E-state index contributed by atoms with van der Waals surface area (Å²) >= 11 is 0. The summed E-state index contributed by atoms with van der Waals surface area (Å²) in [5.74, 6) is -0.0616. The third-order valence-corrected chi connectivity index (χ3v) is 6.00. The van der Waals surface area contributed by atoms with Crippen LogP contribution in [0.2, 0.25) is 0 Å². The van der Waals surface area contributed by atoms with Gasteiger partial charge < -0.3 is 10.2 Å². The Bertz CT molecular complexity index is 880. The molecule has 0 spiro atoms. The Morgan fingerprint density at radius 2 is 1.93 bits per heavy atom. The molecular formula is C20H30N4O4S. The number of amides is 2. The summed E-state index contributed by atoms with van der Waals surface area (Å²) in [5, 5.41) is 2.66. The Morgan fingerprint density at radius 3 is 2.59 bits per heavy atom. The highest BCUT2D eigenvalue weighted by Crippen LogP contribution is 2.30. The first-order valence-electron chi connectivity index (χ1n) is 10.0. The van der Waals surface area contributed by atoms with E-state index in [0.717, 1.165) is 32.1 Å². The molecule has 1 aromatic carbocycles. The largest absolute Gasteiger partial charge is 0.324 e. The standard InChI is InChI=1S/C20H30N4O4S/c1-4-5-13-24(16(3)26)19-11-10-17(14-18(19)22-15(2)25)29(27,28)23-20-9-7-6-8-12-21-20/h10-11,14H,4-9,12-13H2,1-3H3,(H,21,23)(H,22,25). The highest BCUT2D eigenvalue weighted by atomic mass is 32.2. The highest BCUT2D eigenvalue weighted by molar-refractivity contribution is 7.90. The van der Waals surface area contributed by atoms with Crippen LogP contribution in [0.25, 0.3) is 0 Å². The molecule has 9 heteroatoms. The maximum atomic E-state index is 12.9. The predicted octanol–water partition coefficient (Wildman–Crippen LogP) is 3.05. The van der Waals surface area contributed by atoms with E-state index in [9.17, 15) is 18.0 Å². The first-order valence-corrected chi connectivity index (χ1v) is 11.5. The number of benzene rings is 1. The van der Waals surface area contributed by atoms with Crippen molar-refractivity contribution < 1.29 is 18.0 Å². The lowest BCUT2D eigenvalue weighted by atomic mass is 10.2. The van der Waals surface area contributed by atoms with Gasteiger partial charge in [-0.25, -0.2) is 8.42 Å². The van der Waals surface area contributed by atoms with Gasteiger partial charge in [0.25, 0.3) is 10.0 Å². The van der Waals surface area contributed by atoms with Crippen LogP contribution in [0.4, 0.5) is 11.4 Å². The third kappa shape index (κ3) is 6.56. The highest BCUT2D eigenvalue weighted by Gasteiger charge is 2.22. The molecule has 2 amide bonds. The van der Waals surface area contributed by atoms with Crippen LogP contribution < -0.4 is 14.9 Å². The molecule has 1 aliphatic heterocycles. The number of anilines is 2. The molecule has 1 aromatic rings. The summed E-state index contributed by atoms with van der Waals surface area (Å²) in [7, 11) is -3.85. The normalized spacial score (nSPS) is 14.5. The molecule has 0 aromatic heterocycles. The number of sulfonamides is 1. The summed E-state index contributed by atoms with van der Waals surface area (Å²) in [5.41, 5.74) is 0.765. The number of unbranched alkanes of at least 4 members (excludes halogenated alkanes) is 1. The van der Waals surface area contributed by atoms with E-state index in [1.807, 2.05) is 6.92 Å². The summed E-state index contributed by atoms with van der Waals surface area (Å²) in [6.07, 6.45) is 5.14. The van der Waals surface area contributed by atoms with E-state index in [1.54, 1.807) is 11.0 Å². The lowest BCUT2D eigenvalue weighted by Gasteiger charge is -2.24. The van der Waals surface area contributed by atoms with Gasteiger partial charge in [-0.05, 0) is 37.5 Å². The predicted molar refractivity (Wildman–Crippen MR) is 115 cm³/mol. The van der Waals surface area contributed by atoms with Gasteiger partial charge >= 0.3 is 0 Å². The molecule has 1 heterocycles. The second kappa shape index (κ2) is 10.4. The van der Waals surface area contributed by atoms with Gasteiger partial charge in [0.2, 0.25) is 11.8 Å². The number of aliphatic imine (C=N–C) groups is 1. The molecule has 0 atom stereocenters. The smallest absolute Gasteiger partial charge is 0.262 e. The van der Waals surface area contributed by atoms with Crippen molar-refractivity contribution in [2.45, 2.75) is 64.2 Å². The first kappa shape index (κ1) is 22.9. The van der Waals surface area contributed by atoms with Crippen molar-refractivity contribution in [2.75, 3.05) is 23.3 Å². The first-order chi connectivity index (χ1) is 13.7. The van der Waals surface area contributed by atoms with Crippen LogP contribution >= 0.6 is 0 Å². The molecule has 0 aliphatic carbocycles. The molecular weight excluding hydrogens is 392 g/mol. The number of rotatable bonds is 7. The van der Waals surface area contributed by atoms with E-state index >= 15 is 0 Å². The SMILES string of the molecule is CCCCN(C(C)=O)c1ccc(S(=O)(=O)NC2=NCCCCC2)cc1NC(C)=O. The van der Waals surface area contributed by atoms with E-state index in [2.05, 4.69) is 15.0 Å². The Kier molecular flexibility index (Phi) is 8.19. The number of hydrogen-bond donors (Lipinski definition) is 2. The number of amidine groups is 1. The number of carbonyl (C=O) groups excluding carboxylic acids is 2. The molecule has 0 radical (unpaired) electrons. The maximum Gasteiger partial charge on any atom is 0.262 e. The number of nitrogens with zero attached hydrogens (tertiary/aromatic N) is 2. The number of nitrogens with one attached hydrogen (secondary N) is 2. The van der Waals surface area contributed by atoms with E-state index in [1.165, 1.54) is 26.0 Å². The van der Waals surface area contributed by atoms with Crippen molar-refractivity contribution in [1.82, 2.24) is 4.72 Å². The van der Waals surface area contributed by atoms with Gasteiger partial charge in [0, 0.05) is 33.4 Å². The zero-order valence-electron chi connectivity index (χ0n) is 17.3. The maximum absolute atomic E-state index is 12.9. The average Bonchev–Trinajstić information content (AvgIpc) is 2.90. The van der Waals surface area contributed by atoms with E-state index in [-0.39, 0.29) is 22.4 Å². The second-order valence-electron chi connectivity index (χ2n) is 7.13. The summed E-state index contributed by atoms with van der Waals surface area (Å²) in [6.45, 7) is 5.90. The Hall–Kier alpha value is -2.42. The molecule has 2 rings (SSSR count). The van der Waals surface area contributed by atoms with Crippen LogP contribution in [-0.2, 0) is 19.6 Å². The van der Waals surface area contributed by atoms with Gasteiger partial charge in [-0.3, -0.25) is 19.3 Å². The van der Waals surface area contributed by atoms with Crippen molar-refractivity contribution in [3.05, 3.63) is 18.2 Å². The van der Waals surface area contributed by atoms with E-state index in [4.69, 9.17) is 0 Å². The van der Waals surface area contributed by atoms with Crippen molar-refractivity contribution in [2.24, 2.45) is 4.99 Å². The van der Waals surface area contributed by atoms with Crippen molar-refractivity contribution in [3.63, 3.8) is 0 Å². The molecule has 29 heavy (non-hydrogen) atoms. The van der Waals surface area contributed by atoms with Crippen molar-refractivity contribution in [1.29, 1.82) is 0 Å². The van der Waals surface area contributed by atoms with Crippen molar-refractivity contribution in [3.8, 4) is 0 Å². The van der Waals surface area contributed by atoms with Crippen LogP contribution in [0.1, 0.15) is 59.3 Å². The fourth-order valence-electron chi connectivity index (χ4n) is 3.14. The zero-order chi connectivity index (χ0) is 21.4. The van der Waals surface area contributed by atoms with Crippen LogP contribution in [-0.4, -0.2) is 39.2 Å². The quantitative estimate of drug-likeness (QED) is 0.704. The lowest BCUT2D eigenvalue weighted by molar-refractivity contribution is -0.117. The Labute approximate surface area is 172 Å². The van der Waals surface area contributed by atoms with Crippen LogP contribution in [0.15, 0.2) is 28.1 Å². The minimum atomic E-state index is -3.85. The number of carbonyl (C=O) groups is 2. The minimum Gasteiger partial charge on any atom is -0.324 e. The average molecular weight is 423 g/mol. The molecule has 2 N–H and O–H groups in total. The van der Waals surface area contributed by atoms with E-state index < -0.39 is 10.0 Å². The van der Waals surface area contributed by atoms with Crippen LogP contribution in [0.5, 0.6) is 0 Å². The van der Waals surface area contributed by atoms with Gasteiger partial charge in [0.1, 0.15) is 5.84 Å². The number of hydrogen-bond acceptors (Lipinski definition) is 5. The molecule has 8 nitrogen and oxygen atoms in total. The lowest BCUT2D eigenvalue weighted by Crippen LogP contribution is -2.32. The Balaban J connectivity index is 2.39. The summed E-state index contributed by atoms with van der Waals surface area (Å²) in [6, 6.07) is 4.39. The van der Waals surface area contributed by atoms with Gasteiger partial charge in [-0.1, -0.05) is 19.8 Å². The Morgan fingerprint density at radius 1 is 1.17 bits per heavy atom. The second-order valence-corrected chi connectivity index (χ2v) is 8.81. The van der Waals surface area contributed by atoms with Gasteiger partial charge in [0.15, 0.2) is 0 Å². The monoisotopic (exact) mass is 422 g/mol. The molecule has 0 bridgehead atoms. The fraction of sp³-hybridized carbons (Fsp3) is 0.550. The fourth-order valence-corrected chi connectivity index (χ4v) is 4.26. The molecule has 0 unspecified atom stereocenters. The zero-order valence-corrected chi connectivity index (χ0v) is 18.1. The van der Waals surface area contributed by atoms with Crippen LogP contribution in [0.3, 0.4) is 0 Å². The molecule has 0 saturated heterocycles. The third-order valence-electron chi connectivity index (χ3n) is 4.62. The molecule has 160 valence electrons. The van der Waals surface area contributed by atoms with Gasteiger partial charge in [-0.15, -0.1) is 0 Å². The van der Waals surface area contributed by atoms with E-state index in [0.29, 0.717) is 31.0 Å². The van der Waals surface area contributed by atoms with Crippen LogP contribution in [0, 0.1) is 0 Å². The van der Waals surface area contributed by atoms with Gasteiger partial charge in [-0.2, -0.15) is 0 Å². The summed E-state index contributed by atoms with van der Waals surface area (Å²) < 4.78 is 28.3. The summed E-state index contributed by atoms with van der Waals surface area (Å²) in [4.78, 5) is 29.7. The van der Waals surface area contributed by atoms with Crippen molar-refractivity contribution >= 4 is 39.0 Å².